The molecule has 2 aliphatic rings. The van der Waals surface area contributed by atoms with Crippen LogP contribution in [0.4, 0.5) is 0 Å². The van der Waals surface area contributed by atoms with Gasteiger partial charge in [0.1, 0.15) is 15.8 Å². The summed E-state index contributed by atoms with van der Waals surface area (Å²) >= 11 is 6.48. The lowest BCUT2D eigenvalue weighted by atomic mass is 9.81. The standard InChI is InChI=1S/C27H21NO4S2/c1-30-21-13-12-17(14-22(21)31-2)25-19(15-23-26(29)28-27(33)34-23)24(16-8-4-3-5-9-16)18-10-6-7-11-20(18)32-25/h3-15,24H,1-2H3,(H,28,29,33)/b23-15+. The van der Waals surface area contributed by atoms with Crippen molar-refractivity contribution in [2.45, 2.75) is 5.92 Å². The zero-order valence-corrected chi connectivity index (χ0v) is 20.2. The molecule has 0 aromatic heterocycles. The molecule has 170 valence electrons. The van der Waals surface area contributed by atoms with Crippen LogP contribution in [0.15, 0.2) is 89.4 Å². The molecule has 1 atom stereocenters. The average molecular weight is 488 g/mol. The fraction of sp³-hybridized carbons (Fsp3) is 0.111. The van der Waals surface area contributed by atoms with E-state index in [2.05, 4.69) is 23.5 Å². The van der Waals surface area contributed by atoms with Crippen LogP contribution in [0.1, 0.15) is 22.6 Å². The van der Waals surface area contributed by atoms with Crippen LogP contribution in [0.25, 0.3) is 5.76 Å². The molecule has 5 rings (SSSR count). The maximum atomic E-state index is 12.6. The number of allylic oxidation sites excluding steroid dienone is 2. The molecule has 0 spiro atoms. The summed E-state index contributed by atoms with van der Waals surface area (Å²) in [7, 11) is 3.20. The van der Waals surface area contributed by atoms with Crippen molar-refractivity contribution in [2.24, 2.45) is 0 Å². The third kappa shape index (κ3) is 4.08. The second-order valence-electron chi connectivity index (χ2n) is 7.69. The van der Waals surface area contributed by atoms with Crippen LogP contribution in [-0.4, -0.2) is 24.4 Å². The van der Waals surface area contributed by atoms with E-state index in [1.54, 1.807) is 14.2 Å². The van der Waals surface area contributed by atoms with Crippen molar-refractivity contribution < 1.29 is 19.0 Å². The van der Waals surface area contributed by atoms with Gasteiger partial charge in [0.2, 0.25) is 0 Å². The number of para-hydroxylation sites is 1. The lowest BCUT2D eigenvalue weighted by Crippen LogP contribution is -2.19. The second kappa shape index (κ2) is 9.37. The number of carbonyl (C=O) groups excluding carboxylic acids is 1. The van der Waals surface area contributed by atoms with Crippen LogP contribution in [0.5, 0.6) is 17.2 Å². The van der Waals surface area contributed by atoms with Gasteiger partial charge < -0.3 is 19.5 Å². The van der Waals surface area contributed by atoms with E-state index in [-0.39, 0.29) is 11.8 Å². The van der Waals surface area contributed by atoms with Crippen molar-refractivity contribution in [3.8, 4) is 17.2 Å². The summed E-state index contributed by atoms with van der Waals surface area (Å²) in [6.45, 7) is 0. The molecule has 3 aromatic carbocycles. The Hall–Kier alpha value is -3.55. The quantitative estimate of drug-likeness (QED) is 0.370. The zero-order chi connectivity index (χ0) is 23.7. The molecular formula is C27H21NO4S2. The van der Waals surface area contributed by atoms with Crippen LogP contribution in [0.3, 0.4) is 0 Å². The lowest BCUT2D eigenvalue weighted by molar-refractivity contribution is -0.115. The predicted octanol–water partition coefficient (Wildman–Crippen LogP) is 5.67. The predicted molar refractivity (Wildman–Crippen MR) is 138 cm³/mol. The van der Waals surface area contributed by atoms with Crippen molar-refractivity contribution >= 4 is 40.0 Å². The normalized spacial score (nSPS) is 18.4. The number of thiocarbonyl (C=S) groups is 1. The molecule has 0 radical (unpaired) electrons. The van der Waals surface area contributed by atoms with Gasteiger partial charge in [-0.3, -0.25) is 4.79 Å². The van der Waals surface area contributed by atoms with E-state index in [1.807, 2.05) is 60.7 Å². The molecule has 2 heterocycles. The highest BCUT2D eigenvalue weighted by Crippen LogP contribution is 2.48. The van der Waals surface area contributed by atoms with Gasteiger partial charge in [-0.1, -0.05) is 72.5 Å². The lowest BCUT2D eigenvalue weighted by Gasteiger charge is -2.30. The minimum atomic E-state index is -0.208. The maximum absolute atomic E-state index is 12.6. The van der Waals surface area contributed by atoms with Crippen molar-refractivity contribution in [1.29, 1.82) is 0 Å². The third-order valence-electron chi connectivity index (χ3n) is 5.72. The summed E-state index contributed by atoms with van der Waals surface area (Å²) in [6.07, 6.45) is 1.89. The van der Waals surface area contributed by atoms with Crippen LogP contribution < -0.4 is 19.5 Å². The van der Waals surface area contributed by atoms with Gasteiger partial charge in [0, 0.05) is 22.6 Å². The molecule has 0 bridgehead atoms. The van der Waals surface area contributed by atoms with Crippen molar-refractivity contribution in [3.63, 3.8) is 0 Å². The number of ether oxygens (including phenoxy) is 3. The van der Waals surface area contributed by atoms with Gasteiger partial charge in [-0.2, -0.15) is 0 Å². The van der Waals surface area contributed by atoms with E-state index < -0.39 is 0 Å². The minimum Gasteiger partial charge on any atom is -0.493 e. The van der Waals surface area contributed by atoms with E-state index in [0.717, 1.165) is 28.0 Å². The molecule has 1 unspecified atom stereocenters. The van der Waals surface area contributed by atoms with Crippen molar-refractivity contribution in [1.82, 2.24) is 5.32 Å². The molecule has 34 heavy (non-hydrogen) atoms. The van der Waals surface area contributed by atoms with Crippen LogP contribution in [0.2, 0.25) is 0 Å². The van der Waals surface area contributed by atoms with E-state index in [9.17, 15) is 4.79 Å². The molecule has 7 heteroatoms. The van der Waals surface area contributed by atoms with Gasteiger partial charge in [0.15, 0.2) is 11.5 Å². The number of rotatable bonds is 5. The zero-order valence-electron chi connectivity index (χ0n) is 18.5. The second-order valence-corrected chi connectivity index (χ2v) is 9.41. The van der Waals surface area contributed by atoms with E-state index in [1.165, 1.54) is 11.8 Å². The number of fused-ring (bicyclic) bond motifs is 1. The summed E-state index contributed by atoms with van der Waals surface area (Å²) in [5, 5.41) is 2.71. The molecule has 0 saturated carbocycles. The summed E-state index contributed by atoms with van der Waals surface area (Å²) in [5.74, 6) is 2.27. The molecule has 5 nitrogen and oxygen atoms in total. The minimum absolute atomic E-state index is 0.149. The first-order chi connectivity index (χ1) is 16.6. The topological polar surface area (TPSA) is 56.8 Å². The molecule has 1 amide bonds. The first-order valence-electron chi connectivity index (χ1n) is 10.6. The third-order valence-corrected chi connectivity index (χ3v) is 6.89. The highest BCUT2D eigenvalue weighted by atomic mass is 32.2. The fourth-order valence-corrected chi connectivity index (χ4v) is 5.23. The van der Waals surface area contributed by atoms with Crippen LogP contribution >= 0.6 is 24.0 Å². The number of benzene rings is 3. The molecule has 1 saturated heterocycles. The number of amides is 1. The van der Waals surface area contributed by atoms with E-state index in [4.69, 9.17) is 26.4 Å². The summed E-state index contributed by atoms with van der Waals surface area (Å²) in [6, 6.07) is 23.8. The number of carbonyl (C=O) groups is 1. The fourth-order valence-electron chi connectivity index (χ4n) is 4.20. The Bertz CT molecular complexity index is 1350. The van der Waals surface area contributed by atoms with Crippen molar-refractivity contribution in [2.75, 3.05) is 14.2 Å². The Balaban J connectivity index is 1.78. The van der Waals surface area contributed by atoms with E-state index >= 15 is 0 Å². The number of methoxy groups -OCH3 is 2. The highest BCUT2D eigenvalue weighted by molar-refractivity contribution is 8.26. The maximum Gasteiger partial charge on any atom is 0.263 e. The molecule has 3 aromatic rings. The summed E-state index contributed by atoms with van der Waals surface area (Å²) in [5.41, 5.74) is 3.79. The summed E-state index contributed by atoms with van der Waals surface area (Å²) in [4.78, 5) is 13.1. The Labute approximate surface area is 207 Å². The summed E-state index contributed by atoms with van der Waals surface area (Å²) < 4.78 is 17.9. The molecule has 1 N–H and O–H groups in total. The number of thioether (sulfide) groups is 1. The van der Waals surface area contributed by atoms with Gasteiger partial charge in [-0.25, -0.2) is 0 Å². The first-order valence-corrected chi connectivity index (χ1v) is 11.8. The van der Waals surface area contributed by atoms with Gasteiger partial charge >= 0.3 is 0 Å². The number of hydrogen-bond acceptors (Lipinski definition) is 6. The van der Waals surface area contributed by atoms with Crippen LogP contribution in [-0.2, 0) is 4.79 Å². The van der Waals surface area contributed by atoms with Crippen LogP contribution in [0, 0.1) is 0 Å². The average Bonchev–Trinajstić information content (AvgIpc) is 3.19. The smallest absolute Gasteiger partial charge is 0.263 e. The first kappa shape index (κ1) is 22.3. The van der Waals surface area contributed by atoms with Crippen molar-refractivity contribution in [3.05, 3.63) is 106 Å². The van der Waals surface area contributed by atoms with E-state index in [0.29, 0.717) is 26.5 Å². The van der Waals surface area contributed by atoms with Gasteiger partial charge in [0.25, 0.3) is 5.91 Å². The number of nitrogens with one attached hydrogen (secondary N) is 1. The molecule has 2 aliphatic heterocycles. The highest BCUT2D eigenvalue weighted by Gasteiger charge is 2.33. The van der Waals surface area contributed by atoms with Gasteiger partial charge in [-0.05, 0) is 35.9 Å². The van der Waals surface area contributed by atoms with Gasteiger partial charge in [-0.15, -0.1) is 0 Å². The monoisotopic (exact) mass is 487 g/mol. The SMILES string of the molecule is COc1ccc(C2=C(/C=C3/SC(=S)NC3=O)C(c3ccccc3)c3ccccc3O2)cc1OC. The Kier molecular flexibility index (Phi) is 6.13. The molecule has 1 fully saturated rings. The Morgan fingerprint density at radius 3 is 2.41 bits per heavy atom. The van der Waals surface area contributed by atoms with Gasteiger partial charge in [0.05, 0.1) is 19.1 Å². The Morgan fingerprint density at radius 1 is 0.971 bits per heavy atom. The molecule has 0 aliphatic carbocycles. The number of hydrogen-bond donors (Lipinski definition) is 1. The molecular weight excluding hydrogens is 466 g/mol. The Morgan fingerprint density at radius 2 is 1.71 bits per heavy atom. The largest absolute Gasteiger partial charge is 0.493 e.